The van der Waals surface area contributed by atoms with Crippen LogP contribution in [0.25, 0.3) is 124 Å². The Morgan fingerprint density at radius 1 is 0.266 bits per heavy atom. The van der Waals surface area contributed by atoms with E-state index in [1.54, 1.807) is 0 Å². The van der Waals surface area contributed by atoms with E-state index in [1.165, 1.54) is 113 Å². The second kappa shape index (κ2) is 13.8. The van der Waals surface area contributed by atoms with Crippen molar-refractivity contribution < 1.29 is 0 Å². The Labute approximate surface area is 374 Å². The van der Waals surface area contributed by atoms with Crippen LogP contribution in [0, 0.1) is 0 Å². The number of para-hydroxylation sites is 4. The second-order valence-electron chi connectivity index (χ2n) is 16.9. The molecule has 10 aromatic carbocycles. The molecule has 3 nitrogen and oxygen atoms in total. The third-order valence-corrected chi connectivity index (χ3v) is 15.8. The van der Waals surface area contributed by atoms with Crippen molar-refractivity contribution in [3.63, 3.8) is 0 Å². The number of hydrogen-bond donors (Lipinski definition) is 0. The molecule has 0 bridgehead atoms. The second-order valence-corrected chi connectivity index (χ2v) is 19.1. The Morgan fingerprint density at radius 2 is 0.734 bits per heavy atom. The molecular formula is C60H37N3Se. The molecule has 4 heterocycles. The zero-order valence-electron chi connectivity index (χ0n) is 34.6. The molecule has 0 radical (unpaired) electrons. The average molecular weight is 879 g/mol. The number of benzene rings is 10. The third-order valence-electron chi connectivity index (χ3n) is 13.5. The van der Waals surface area contributed by atoms with Gasteiger partial charge in [0, 0.05) is 10.8 Å². The SMILES string of the molecule is c1ccc(-c2ccc(-c3cccc4[se]c5cccc(-n6c7ccccc7c7ccc(-n8c9ccccc9c9cc(-n%10c%11ccccc%11c%11ccccc%11%10)ccc98)cc76)c5c34)cc2)cc1. The van der Waals surface area contributed by atoms with E-state index >= 15 is 0 Å². The zero-order valence-corrected chi connectivity index (χ0v) is 36.3. The van der Waals surface area contributed by atoms with Crippen LogP contribution in [0.2, 0.25) is 0 Å². The number of hydrogen-bond acceptors (Lipinski definition) is 0. The molecule has 0 amide bonds. The molecule has 0 atom stereocenters. The number of nitrogens with zero attached hydrogens (tertiary/aromatic N) is 3. The van der Waals surface area contributed by atoms with Gasteiger partial charge in [0.2, 0.25) is 0 Å². The monoisotopic (exact) mass is 879 g/mol. The fourth-order valence-corrected chi connectivity index (χ4v) is 13.1. The van der Waals surface area contributed by atoms with Crippen LogP contribution in [0.3, 0.4) is 0 Å². The van der Waals surface area contributed by atoms with Gasteiger partial charge in [0.25, 0.3) is 0 Å². The minimum atomic E-state index is 0.186. The first-order valence-electron chi connectivity index (χ1n) is 21.9. The van der Waals surface area contributed by atoms with E-state index in [9.17, 15) is 0 Å². The van der Waals surface area contributed by atoms with Gasteiger partial charge in [0.05, 0.1) is 11.0 Å². The van der Waals surface area contributed by atoms with Crippen LogP contribution in [-0.2, 0) is 0 Å². The van der Waals surface area contributed by atoms with Gasteiger partial charge < -0.3 is 4.57 Å². The zero-order chi connectivity index (χ0) is 41.9. The molecule has 4 aromatic heterocycles. The maximum absolute atomic E-state index is 2.54. The summed E-state index contributed by atoms with van der Waals surface area (Å²) < 4.78 is 10.3. The molecule has 0 spiro atoms. The van der Waals surface area contributed by atoms with Gasteiger partial charge in [0.15, 0.2) is 0 Å². The summed E-state index contributed by atoms with van der Waals surface area (Å²) in [5.41, 5.74) is 15.8. The van der Waals surface area contributed by atoms with E-state index in [4.69, 9.17) is 0 Å². The van der Waals surface area contributed by atoms with Crippen molar-refractivity contribution in [3.05, 3.63) is 224 Å². The van der Waals surface area contributed by atoms with Crippen molar-refractivity contribution in [2.75, 3.05) is 0 Å². The topological polar surface area (TPSA) is 14.8 Å². The van der Waals surface area contributed by atoms with Gasteiger partial charge in [0.1, 0.15) is 0 Å². The quantitative estimate of drug-likeness (QED) is 0.153. The molecular weight excluding hydrogens is 842 g/mol. The normalized spacial score (nSPS) is 12.1. The molecule has 0 saturated carbocycles. The number of fused-ring (bicyclic) bond motifs is 12. The number of rotatable bonds is 5. The van der Waals surface area contributed by atoms with Crippen molar-refractivity contribution in [3.8, 4) is 39.3 Å². The van der Waals surface area contributed by atoms with Gasteiger partial charge in [-0.25, -0.2) is 0 Å². The number of aromatic nitrogens is 3. The Morgan fingerprint density at radius 3 is 1.39 bits per heavy atom. The van der Waals surface area contributed by atoms with Gasteiger partial charge in [-0.05, 0) is 12.1 Å². The van der Waals surface area contributed by atoms with Gasteiger partial charge in [-0.1, -0.05) is 36.4 Å². The van der Waals surface area contributed by atoms with Crippen LogP contribution in [-0.4, -0.2) is 28.2 Å². The Kier molecular flexibility index (Phi) is 7.70. The first-order chi connectivity index (χ1) is 31.8. The van der Waals surface area contributed by atoms with Crippen LogP contribution in [0.1, 0.15) is 0 Å². The molecule has 0 fully saturated rings. The molecule has 14 aromatic rings. The van der Waals surface area contributed by atoms with E-state index in [2.05, 4.69) is 238 Å². The van der Waals surface area contributed by atoms with E-state index in [0.29, 0.717) is 0 Å². The standard InChI is InChI=1S/C60H37N3Se/c1-2-14-38(15-3-1)39-28-30-40(31-29-39)43-20-12-26-57-59(43)60-55(25-13-27-58(60)64-57)63-53-24-11-6-18-46(53)48-34-32-42(37-56(48)63)62-52-23-10-7-19-47(52)49-36-41(33-35-54(49)62)61-50-21-8-4-16-44(50)45-17-5-9-22-51(45)61/h1-37H. The van der Waals surface area contributed by atoms with Crippen LogP contribution in [0.4, 0.5) is 0 Å². The predicted octanol–water partition coefficient (Wildman–Crippen LogP) is 15.7. The first-order valence-corrected chi connectivity index (χ1v) is 23.6. The summed E-state index contributed by atoms with van der Waals surface area (Å²) in [6.07, 6.45) is 0. The molecule has 0 aliphatic rings. The van der Waals surface area contributed by atoms with Crippen molar-refractivity contribution in [1.82, 2.24) is 13.7 Å². The summed E-state index contributed by atoms with van der Waals surface area (Å²) in [6, 6.07) is 83.1. The summed E-state index contributed by atoms with van der Waals surface area (Å²) >= 11 is 0.186. The molecule has 64 heavy (non-hydrogen) atoms. The fraction of sp³-hybridized carbons (Fsp3) is 0. The maximum atomic E-state index is 2.54. The Balaban J connectivity index is 0.990. The molecule has 298 valence electrons. The summed E-state index contributed by atoms with van der Waals surface area (Å²) in [5, 5.41) is 10.2. The van der Waals surface area contributed by atoms with Gasteiger partial charge >= 0.3 is 302 Å². The molecule has 0 unspecified atom stereocenters. The summed E-state index contributed by atoms with van der Waals surface area (Å²) in [7, 11) is 0. The van der Waals surface area contributed by atoms with Crippen LogP contribution in [0.5, 0.6) is 0 Å². The van der Waals surface area contributed by atoms with Crippen LogP contribution in [0.15, 0.2) is 224 Å². The van der Waals surface area contributed by atoms with Crippen LogP contribution < -0.4 is 0 Å². The van der Waals surface area contributed by atoms with Crippen molar-refractivity contribution in [2.24, 2.45) is 0 Å². The van der Waals surface area contributed by atoms with Crippen molar-refractivity contribution >= 4 is 99.2 Å². The molecule has 4 heteroatoms. The van der Waals surface area contributed by atoms with Gasteiger partial charge in [-0.3, -0.25) is 0 Å². The molecule has 14 rings (SSSR count). The van der Waals surface area contributed by atoms with E-state index in [1.807, 2.05) is 0 Å². The predicted molar refractivity (Wildman–Crippen MR) is 272 cm³/mol. The molecule has 0 aliphatic carbocycles. The molecule has 0 aliphatic heterocycles. The summed E-state index contributed by atoms with van der Waals surface area (Å²) in [4.78, 5) is 0. The van der Waals surface area contributed by atoms with Crippen LogP contribution >= 0.6 is 0 Å². The Bertz CT molecular complexity index is 4130. The van der Waals surface area contributed by atoms with Crippen molar-refractivity contribution in [1.29, 1.82) is 0 Å². The first kappa shape index (κ1) is 35.7. The fourth-order valence-electron chi connectivity index (χ4n) is 10.7. The molecule has 0 saturated heterocycles. The minimum absolute atomic E-state index is 0.186. The third kappa shape index (κ3) is 5.15. The van der Waals surface area contributed by atoms with Crippen molar-refractivity contribution in [2.45, 2.75) is 0 Å². The van der Waals surface area contributed by atoms with E-state index in [0.717, 1.165) is 11.4 Å². The van der Waals surface area contributed by atoms with Gasteiger partial charge in [-0.2, -0.15) is 0 Å². The summed E-state index contributed by atoms with van der Waals surface area (Å²) in [5.74, 6) is 0. The Hall–Kier alpha value is -7.88. The van der Waals surface area contributed by atoms with E-state index < -0.39 is 0 Å². The van der Waals surface area contributed by atoms with E-state index in [-0.39, 0.29) is 14.5 Å². The molecule has 0 N–H and O–H groups in total. The average Bonchev–Trinajstić information content (AvgIpc) is 4.10. The van der Waals surface area contributed by atoms with Gasteiger partial charge in [-0.15, -0.1) is 0 Å². The summed E-state index contributed by atoms with van der Waals surface area (Å²) in [6.45, 7) is 0.